The number of carbonyl (C=O) groups excluding carboxylic acids is 2. The molecule has 240 valence electrons. The van der Waals surface area contributed by atoms with Gasteiger partial charge in [0, 0.05) is 36.3 Å². The molecule has 0 spiro atoms. The molecule has 6 rings (SSSR count). The summed E-state index contributed by atoms with van der Waals surface area (Å²) in [5, 5.41) is 4.42. The van der Waals surface area contributed by atoms with E-state index in [-0.39, 0.29) is 23.8 Å². The third-order valence-electron chi connectivity index (χ3n) is 10.1. The van der Waals surface area contributed by atoms with Crippen LogP contribution in [-0.4, -0.2) is 48.5 Å². The van der Waals surface area contributed by atoms with E-state index in [0.717, 1.165) is 74.9 Å². The van der Waals surface area contributed by atoms with Gasteiger partial charge in [0.1, 0.15) is 5.75 Å². The van der Waals surface area contributed by atoms with Crippen LogP contribution in [0.15, 0.2) is 48.7 Å². The van der Waals surface area contributed by atoms with E-state index < -0.39 is 0 Å². The number of hydrogen-bond donors (Lipinski definition) is 1. The molecule has 1 aromatic heterocycles. The Morgan fingerprint density at radius 1 is 0.978 bits per heavy atom. The van der Waals surface area contributed by atoms with E-state index in [4.69, 9.17) is 9.72 Å². The highest BCUT2D eigenvalue weighted by Crippen LogP contribution is 2.44. The molecule has 3 aromatic rings. The molecule has 3 aliphatic carbocycles. The number of nitrogens with zero attached hydrogens (tertiary/aromatic N) is 2. The zero-order valence-electron chi connectivity index (χ0n) is 26.9. The van der Waals surface area contributed by atoms with Gasteiger partial charge in [-0.05, 0) is 124 Å². The number of aromatic nitrogens is 1. The van der Waals surface area contributed by atoms with Gasteiger partial charge in [-0.15, -0.1) is 11.3 Å². The van der Waals surface area contributed by atoms with Crippen LogP contribution in [0.25, 0.3) is 10.4 Å². The van der Waals surface area contributed by atoms with E-state index >= 15 is 0 Å². The van der Waals surface area contributed by atoms with Gasteiger partial charge in [0.25, 0.3) is 0 Å². The number of rotatable bonds is 11. The van der Waals surface area contributed by atoms with Gasteiger partial charge < -0.3 is 15.0 Å². The number of thiazole rings is 1. The minimum absolute atomic E-state index is 0.00848. The smallest absolute Gasteiger partial charge is 0.230 e. The number of aryl methyl sites for hydroxylation is 1. The monoisotopic (exact) mass is 645 g/mol. The molecule has 3 aliphatic rings. The molecule has 45 heavy (non-hydrogen) atoms. The summed E-state index contributed by atoms with van der Waals surface area (Å²) in [4.78, 5) is 34.5. The minimum Gasteiger partial charge on any atom is -0.496 e. The lowest BCUT2D eigenvalue weighted by atomic mass is 9.78. The molecule has 0 aliphatic heterocycles. The molecule has 0 saturated heterocycles. The molecule has 3 saturated carbocycles. The van der Waals surface area contributed by atoms with Crippen molar-refractivity contribution in [3.63, 3.8) is 0 Å². The maximum atomic E-state index is 14.4. The number of amides is 2. The van der Waals surface area contributed by atoms with Crippen LogP contribution in [0, 0.1) is 18.8 Å². The lowest BCUT2D eigenvalue weighted by molar-refractivity contribution is -0.123. The topological polar surface area (TPSA) is 71.5 Å². The fourth-order valence-corrected chi connectivity index (χ4v) is 8.72. The Kier molecular flexibility index (Phi) is 10.5. The highest BCUT2D eigenvalue weighted by Gasteiger charge is 2.33. The minimum atomic E-state index is -0.00848. The first-order valence-corrected chi connectivity index (χ1v) is 18.9. The standard InChI is InChI=1S/C37H47N3O3S2/c1-24-19-29(15-18-33(24)43-2)26-9-7-25(8-10-26)22-40(37(42)28-13-16-31(17-14-28)39-35(41)23-44-3)32-6-4-5-30(20-32)34-21-38-36(45-34)27-11-12-27/h4-6,15,18-21,25-28,31H,7-14,16-17,22-23H2,1-3H3,(H,39,41). The van der Waals surface area contributed by atoms with Gasteiger partial charge in [-0.25, -0.2) is 4.98 Å². The zero-order valence-corrected chi connectivity index (χ0v) is 28.6. The molecule has 0 bridgehead atoms. The van der Waals surface area contributed by atoms with Crippen molar-refractivity contribution in [1.29, 1.82) is 0 Å². The second-order valence-electron chi connectivity index (χ2n) is 13.3. The first-order chi connectivity index (χ1) is 21.9. The van der Waals surface area contributed by atoms with Crippen LogP contribution in [0.3, 0.4) is 0 Å². The quantitative estimate of drug-likeness (QED) is 0.227. The summed E-state index contributed by atoms with van der Waals surface area (Å²) >= 11 is 3.35. The van der Waals surface area contributed by atoms with Crippen molar-refractivity contribution in [2.24, 2.45) is 11.8 Å². The summed E-state index contributed by atoms with van der Waals surface area (Å²) in [6.45, 7) is 2.88. The predicted octanol–water partition coefficient (Wildman–Crippen LogP) is 8.35. The number of hydrogen-bond acceptors (Lipinski definition) is 6. The van der Waals surface area contributed by atoms with Crippen molar-refractivity contribution in [2.45, 2.75) is 89.0 Å². The number of anilines is 1. The van der Waals surface area contributed by atoms with Gasteiger partial charge in [0.15, 0.2) is 0 Å². The van der Waals surface area contributed by atoms with Gasteiger partial charge in [-0.1, -0.05) is 24.3 Å². The maximum absolute atomic E-state index is 14.4. The van der Waals surface area contributed by atoms with Crippen LogP contribution >= 0.6 is 23.1 Å². The fraction of sp³-hybridized carbons (Fsp3) is 0.541. The Hall–Kier alpha value is -2.84. The predicted molar refractivity (Wildman–Crippen MR) is 187 cm³/mol. The van der Waals surface area contributed by atoms with Crippen molar-refractivity contribution >= 4 is 40.6 Å². The average molecular weight is 646 g/mol. The molecule has 1 N–H and O–H groups in total. The molecular weight excluding hydrogens is 599 g/mol. The molecule has 8 heteroatoms. The van der Waals surface area contributed by atoms with Crippen molar-refractivity contribution in [3.8, 4) is 16.2 Å². The SMILES string of the molecule is COc1ccc(C2CCC(CN(C(=O)C3CCC(NC(=O)CSC)CC3)c3cccc(-c4cnc(C5CC5)s4)c3)CC2)cc1C. The number of nitrogens with one attached hydrogen (secondary N) is 1. The lowest BCUT2D eigenvalue weighted by Crippen LogP contribution is -2.44. The molecule has 0 unspecified atom stereocenters. The second kappa shape index (κ2) is 14.7. The van der Waals surface area contributed by atoms with Crippen LogP contribution in [0.1, 0.15) is 92.2 Å². The molecule has 0 atom stereocenters. The van der Waals surface area contributed by atoms with Crippen LogP contribution in [-0.2, 0) is 9.59 Å². The molecule has 6 nitrogen and oxygen atoms in total. The number of benzene rings is 2. The van der Waals surface area contributed by atoms with Gasteiger partial charge in [-0.2, -0.15) is 11.8 Å². The van der Waals surface area contributed by atoms with Gasteiger partial charge >= 0.3 is 0 Å². The molecular formula is C37H47N3O3S2. The van der Waals surface area contributed by atoms with E-state index in [9.17, 15) is 9.59 Å². The molecule has 2 amide bonds. The Morgan fingerprint density at radius 3 is 2.42 bits per heavy atom. The van der Waals surface area contributed by atoms with Crippen LogP contribution in [0.2, 0.25) is 0 Å². The lowest BCUT2D eigenvalue weighted by Gasteiger charge is -2.36. The normalized spacial score (nSPS) is 23.4. The first-order valence-electron chi connectivity index (χ1n) is 16.7. The first kappa shape index (κ1) is 32.1. The number of carbonyl (C=O) groups is 2. The summed E-state index contributed by atoms with van der Waals surface area (Å²) in [7, 11) is 1.73. The largest absolute Gasteiger partial charge is 0.496 e. The zero-order chi connectivity index (χ0) is 31.3. The summed E-state index contributed by atoms with van der Waals surface area (Å²) in [6.07, 6.45) is 14.4. The fourth-order valence-electron chi connectivity index (χ4n) is 7.29. The van der Waals surface area contributed by atoms with Crippen molar-refractivity contribution < 1.29 is 14.3 Å². The maximum Gasteiger partial charge on any atom is 0.230 e. The third kappa shape index (κ3) is 7.94. The molecule has 1 heterocycles. The van der Waals surface area contributed by atoms with Crippen molar-refractivity contribution in [2.75, 3.05) is 30.6 Å². The number of ether oxygens (including phenoxy) is 1. The Morgan fingerprint density at radius 2 is 1.73 bits per heavy atom. The van der Waals surface area contributed by atoms with E-state index in [2.05, 4.69) is 59.6 Å². The van der Waals surface area contributed by atoms with Gasteiger partial charge in [0.2, 0.25) is 11.8 Å². The number of thioether (sulfide) groups is 1. The second-order valence-corrected chi connectivity index (χ2v) is 15.3. The molecule has 0 radical (unpaired) electrons. The number of methoxy groups -OCH3 is 1. The van der Waals surface area contributed by atoms with Crippen molar-refractivity contribution in [3.05, 3.63) is 64.8 Å². The third-order valence-corrected chi connectivity index (χ3v) is 11.8. The van der Waals surface area contributed by atoms with Crippen LogP contribution in [0.5, 0.6) is 5.75 Å². The molecule has 3 fully saturated rings. The van der Waals surface area contributed by atoms with E-state index in [1.165, 1.54) is 33.9 Å². The van der Waals surface area contributed by atoms with Gasteiger partial charge in [-0.3, -0.25) is 9.59 Å². The summed E-state index contributed by atoms with van der Waals surface area (Å²) in [6, 6.07) is 15.4. The van der Waals surface area contributed by atoms with Crippen LogP contribution in [0.4, 0.5) is 5.69 Å². The van der Waals surface area contributed by atoms with Crippen molar-refractivity contribution in [1.82, 2.24) is 10.3 Å². The highest BCUT2D eigenvalue weighted by atomic mass is 32.2. The summed E-state index contributed by atoms with van der Waals surface area (Å²) in [5.74, 6) is 3.45. The molecule has 2 aromatic carbocycles. The Balaban J connectivity index is 1.16. The average Bonchev–Trinajstić information content (AvgIpc) is 3.80. The van der Waals surface area contributed by atoms with Crippen LogP contribution < -0.4 is 15.0 Å². The van der Waals surface area contributed by atoms with Gasteiger partial charge in [0.05, 0.1) is 22.7 Å². The Labute approximate surface area is 276 Å². The summed E-state index contributed by atoms with van der Waals surface area (Å²) < 4.78 is 5.49. The highest BCUT2D eigenvalue weighted by molar-refractivity contribution is 7.99. The summed E-state index contributed by atoms with van der Waals surface area (Å²) in [5.41, 5.74) is 4.75. The Bertz CT molecular complexity index is 1470. The van der Waals surface area contributed by atoms with E-state index in [1.807, 2.05) is 12.5 Å². The van der Waals surface area contributed by atoms with E-state index in [0.29, 0.717) is 23.5 Å². The van der Waals surface area contributed by atoms with E-state index in [1.54, 1.807) is 30.2 Å².